The molecule has 3 heterocycles. The number of fused-ring (bicyclic) bond motifs is 3. The third kappa shape index (κ3) is 3.58. The average Bonchev–Trinajstić information content (AvgIpc) is 3.23. The SMILES string of the molecule is CC1=NN(Cc2ccccc2C)C2NC3C(C(=O)N(Cc4ccccc4C)C(=O)N3C)N2C1C. The van der Waals surface area contributed by atoms with Crippen molar-refractivity contribution >= 4 is 17.6 Å². The number of carbonyl (C=O) groups excluding carboxylic acids is 2. The molecule has 0 bridgehead atoms. The van der Waals surface area contributed by atoms with Gasteiger partial charge in [0.05, 0.1) is 24.8 Å². The molecule has 2 fully saturated rings. The number of likely N-dealkylation sites (N-methyl/N-ethyl adjacent to an activating group) is 1. The lowest BCUT2D eigenvalue weighted by Gasteiger charge is -2.45. The minimum absolute atomic E-state index is 0.0357. The van der Waals surface area contributed by atoms with Crippen molar-refractivity contribution in [2.24, 2.45) is 5.10 Å². The summed E-state index contributed by atoms with van der Waals surface area (Å²) in [5, 5.41) is 10.4. The maximum atomic E-state index is 13.8. The molecule has 4 unspecified atom stereocenters. The van der Waals surface area contributed by atoms with Crippen LogP contribution in [0.4, 0.5) is 4.79 Å². The van der Waals surface area contributed by atoms with Crippen molar-refractivity contribution in [3.05, 3.63) is 70.8 Å². The Morgan fingerprint density at radius 3 is 2.12 bits per heavy atom. The van der Waals surface area contributed by atoms with Crippen molar-refractivity contribution in [3.63, 3.8) is 0 Å². The molecule has 0 spiro atoms. The Labute approximate surface area is 200 Å². The van der Waals surface area contributed by atoms with Crippen LogP contribution in [-0.4, -0.2) is 68.9 Å². The van der Waals surface area contributed by atoms with E-state index in [1.54, 1.807) is 11.9 Å². The van der Waals surface area contributed by atoms with Crippen molar-refractivity contribution < 1.29 is 9.59 Å². The van der Waals surface area contributed by atoms with E-state index in [2.05, 4.69) is 36.2 Å². The smallest absolute Gasteiger partial charge is 0.310 e. The number of hydrogen-bond acceptors (Lipinski definition) is 6. The molecular formula is C26H32N6O2. The van der Waals surface area contributed by atoms with Gasteiger partial charge in [-0.25, -0.2) is 9.69 Å². The van der Waals surface area contributed by atoms with Crippen LogP contribution in [0.3, 0.4) is 0 Å². The van der Waals surface area contributed by atoms with Gasteiger partial charge in [0.1, 0.15) is 12.2 Å². The molecular weight excluding hydrogens is 428 g/mol. The quantitative estimate of drug-likeness (QED) is 0.760. The highest BCUT2D eigenvalue weighted by molar-refractivity contribution is 6.01. The third-order valence-electron chi connectivity index (χ3n) is 7.50. The summed E-state index contributed by atoms with van der Waals surface area (Å²) >= 11 is 0. The Bertz CT molecular complexity index is 1160. The van der Waals surface area contributed by atoms with Crippen LogP contribution in [0.1, 0.15) is 36.1 Å². The Morgan fingerprint density at radius 1 is 0.912 bits per heavy atom. The second-order valence-electron chi connectivity index (χ2n) is 9.56. The zero-order chi connectivity index (χ0) is 24.1. The fraction of sp³-hybridized carbons (Fsp3) is 0.423. The number of aryl methyl sites for hydroxylation is 2. The molecule has 0 aromatic heterocycles. The molecule has 0 aliphatic carbocycles. The minimum atomic E-state index is -0.489. The van der Waals surface area contributed by atoms with Crippen molar-refractivity contribution in [1.29, 1.82) is 0 Å². The van der Waals surface area contributed by atoms with Crippen LogP contribution >= 0.6 is 0 Å². The number of benzene rings is 2. The first-order valence-corrected chi connectivity index (χ1v) is 11.8. The highest BCUT2D eigenvalue weighted by Crippen LogP contribution is 2.34. The fourth-order valence-electron chi connectivity index (χ4n) is 5.23. The predicted molar refractivity (Wildman–Crippen MR) is 131 cm³/mol. The highest BCUT2D eigenvalue weighted by atomic mass is 16.2. The van der Waals surface area contributed by atoms with Crippen LogP contribution < -0.4 is 5.32 Å². The largest absolute Gasteiger partial charge is 0.328 e. The van der Waals surface area contributed by atoms with Crippen molar-refractivity contribution in [2.75, 3.05) is 7.05 Å². The van der Waals surface area contributed by atoms with E-state index >= 15 is 0 Å². The van der Waals surface area contributed by atoms with E-state index in [9.17, 15) is 9.59 Å². The molecule has 2 saturated heterocycles. The molecule has 8 heteroatoms. The van der Waals surface area contributed by atoms with Crippen LogP contribution in [0.25, 0.3) is 0 Å². The van der Waals surface area contributed by atoms with Gasteiger partial charge in [-0.3, -0.25) is 20.0 Å². The number of hydrazone groups is 1. The van der Waals surface area contributed by atoms with Crippen LogP contribution in [0.2, 0.25) is 0 Å². The lowest BCUT2D eigenvalue weighted by Crippen LogP contribution is -2.67. The van der Waals surface area contributed by atoms with Gasteiger partial charge in [0.2, 0.25) is 0 Å². The first kappa shape index (κ1) is 22.6. The normalized spacial score (nSPS) is 27.1. The predicted octanol–water partition coefficient (Wildman–Crippen LogP) is 2.86. The second-order valence-corrected chi connectivity index (χ2v) is 9.56. The monoisotopic (exact) mass is 460 g/mol. The molecule has 34 heavy (non-hydrogen) atoms. The molecule has 3 aliphatic rings. The van der Waals surface area contributed by atoms with Gasteiger partial charge < -0.3 is 4.90 Å². The van der Waals surface area contributed by atoms with E-state index in [-0.39, 0.29) is 30.8 Å². The fourth-order valence-corrected chi connectivity index (χ4v) is 5.23. The standard InChI is InChI=1S/C26H32N6O2/c1-16-10-6-8-12-20(16)14-30-24(33)22-23(29(5)26(30)34)27-25-31(28-18(3)19(4)32(22)25)15-21-13-9-7-11-17(21)2/h6-13,19,22-23,25,27H,14-15H2,1-5H3. The molecule has 178 valence electrons. The van der Waals surface area contributed by atoms with Gasteiger partial charge in [-0.1, -0.05) is 48.5 Å². The van der Waals surface area contributed by atoms with E-state index in [0.717, 1.165) is 16.8 Å². The van der Waals surface area contributed by atoms with Crippen LogP contribution in [0.15, 0.2) is 53.6 Å². The van der Waals surface area contributed by atoms with Gasteiger partial charge >= 0.3 is 6.03 Å². The Balaban J connectivity index is 1.47. The molecule has 0 radical (unpaired) electrons. The first-order chi connectivity index (χ1) is 16.3. The molecule has 8 nitrogen and oxygen atoms in total. The average molecular weight is 461 g/mol. The van der Waals surface area contributed by atoms with Crippen molar-refractivity contribution in [2.45, 2.75) is 65.3 Å². The van der Waals surface area contributed by atoms with Crippen molar-refractivity contribution in [1.82, 2.24) is 25.0 Å². The summed E-state index contributed by atoms with van der Waals surface area (Å²) < 4.78 is 0. The number of imide groups is 1. The number of nitrogens with one attached hydrogen (secondary N) is 1. The molecule has 4 atom stereocenters. The maximum Gasteiger partial charge on any atom is 0.328 e. The number of carbonyl (C=O) groups is 2. The lowest BCUT2D eigenvalue weighted by molar-refractivity contribution is -0.140. The van der Waals surface area contributed by atoms with Gasteiger partial charge in [0, 0.05) is 7.05 Å². The highest BCUT2D eigenvalue weighted by Gasteiger charge is 2.58. The van der Waals surface area contributed by atoms with Gasteiger partial charge in [0.25, 0.3) is 5.91 Å². The van der Waals surface area contributed by atoms with Crippen LogP contribution in [-0.2, 0) is 17.9 Å². The van der Waals surface area contributed by atoms with E-state index in [4.69, 9.17) is 5.10 Å². The summed E-state index contributed by atoms with van der Waals surface area (Å²) in [6, 6.07) is 15.3. The van der Waals surface area contributed by atoms with Crippen molar-refractivity contribution in [3.8, 4) is 0 Å². The lowest BCUT2D eigenvalue weighted by atomic mass is 10.0. The zero-order valence-corrected chi connectivity index (χ0v) is 20.4. The summed E-state index contributed by atoms with van der Waals surface area (Å²) in [7, 11) is 1.77. The number of urea groups is 1. The van der Waals surface area contributed by atoms with E-state index in [1.807, 2.05) is 55.3 Å². The van der Waals surface area contributed by atoms with Gasteiger partial charge in [0.15, 0.2) is 6.29 Å². The molecule has 1 N–H and O–H groups in total. The number of nitrogens with zero attached hydrogens (tertiary/aromatic N) is 5. The van der Waals surface area contributed by atoms with Gasteiger partial charge in [-0.2, -0.15) is 5.10 Å². The Kier molecular flexibility index (Phi) is 5.65. The van der Waals surface area contributed by atoms with E-state index in [0.29, 0.717) is 6.54 Å². The third-order valence-corrected chi connectivity index (χ3v) is 7.50. The minimum Gasteiger partial charge on any atom is -0.310 e. The van der Waals surface area contributed by atoms with E-state index in [1.165, 1.54) is 16.0 Å². The number of hydrogen-bond donors (Lipinski definition) is 1. The summed E-state index contributed by atoms with van der Waals surface area (Å²) in [4.78, 5) is 32.4. The summed E-state index contributed by atoms with van der Waals surface area (Å²) in [6.07, 6.45) is -0.702. The topological polar surface area (TPSA) is 71.5 Å². The zero-order valence-electron chi connectivity index (χ0n) is 20.4. The molecule has 0 saturated carbocycles. The summed E-state index contributed by atoms with van der Waals surface area (Å²) in [6.45, 7) is 9.07. The Morgan fingerprint density at radius 2 is 1.50 bits per heavy atom. The molecule has 2 aromatic carbocycles. The molecule has 2 aromatic rings. The van der Waals surface area contributed by atoms with Crippen LogP contribution in [0, 0.1) is 13.8 Å². The molecule has 3 aliphatic heterocycles. The van der Waals surface area contributed by atoms with E-state index < -0.39 is 12.2 Å². The maximum absolute atomic E-state index is 13.8. The number of rotatable bonds is 4. The van der Waals surface area contributed by atoms with Gasteiger partial charge in [-0.05, 0) is 49.9 Å². The second kappa shape index (κ2) is 8.52. The molecule has 3 amide bonds. The Hall–Kier alpha value is -3.23. The summed E-state index contributed by atoms with van der Waals surface area (Å²) in [5.74, 6) is -0.163. The van der Waals surface area contributed by atoms with Gasteiger partial charge in [-0.15, -0.1) is 0 Å². The molecule has 5 rings (SSSR count). The summed E-state index contributed by atoms with van der Waals surface area (Å²) in [5.41, 5.74) is 5.37. The first-order valence-electron chi connectivity index (χ1n) is 11.8. The number of amides is 3. The van der Waals surface area contributed by atoms with Crippen LogP contribution in [0.5, 0.6) is 0 Å².